The highest BCUT2D eigenvalue weighted by molar-refractivity contribution is 8.01. The number of hydrogen-bond acceptors (Lipinski definition) is 7. The summed E-state index contributed by atoms with van der Waals surface area (Å²) >= 11 is 2.57. The van der Waals surface area contributed by atoms with Crippen LogP contribution in [0.25, 0.3) is 0 Å². The number of thioether (sulfide) groups is 1. The molecule has 0 unspecified atom stereocenters. The van der Waals surface area contributed by atoms with E-state index in [1.165, 1.54) is 11.8 Å². The maximum absolute atomic E-state index is 12.7. The molecule has 0 aliphatic rings. The maximum Gasteiger partial charge on any atom is 0.416 e. The number of carbonyl (C=O) groups excluding carboxylic acids is 1. The molecule has 0 radical (unpaired) electrons. The zero-order chi connectivity index (χ0) is 20.2. The Labute approximate surface area is 162 Å². The normalized spacial score (nSPS) is 12.0. The van der Waals surface area contributed by atoms with Gasteiger partial charge in [0.25, 0.3) is 0 Å². The second-order valence-electron chi connectivity index (χ2n) is 5.17. The van der Waals surface area contributed by atoms with E-state index in [1.54, 1.807) is 0 Å². The summed E-state index contributed by atoms with van der Waals surface area (Å²) in [6.45, 7) is 1.32. The van der Waals surface area contributed by atoms with Crippen molar-refractivity contribution in [3.63, 3.8) is 0 Å². The van der Waals surface area contributed by atoms with Gasteiger partial charge in [-0.3, -0.25) is 14.4 Å². The van der Waals surface area contributed by atoms with Crippen molar-refractivity contribution >= 4 is 49.8 Å². The number of sulfonamides is 1. The summed E-state index contributed by atoms with van der Waals surface area (Å²) in [5.41, 5.74) is -0.973. The molecule has 0 fully saturated rings. The van der Waals surface area contributed by atoms with Crippen molar-refractivity contribution in [2.75, 3.05) is 28.2 Å². The SMILES string of the molecule is CCSc1nnc(NC(=O)CN(c2ccc(C(F)(F)F)cc2)S(C)(=O)=O)s1. The summed E-state index contributed by atoms with van der Waals surface area (Å²) in [4.78, 5) is 12.2. The molecule has 0 bridgehead atoms. The first-order valence-corrected chi connectivity index (χ1v) is 11.1. The van der Waals surface area contributed by atoms with Crippen LogP contribution in [0.3, 0.4) is 0 Å². The van der Waals surface area contributed by atoms with Gasteiger partial charge in [-0.2, -0.15) is 13.2 Å². The van der Waals surface area contributed by atoms with Gasteiger partial charge in [0.05, 0.1) is 17.5 Å². The monoisotopic (exact) mass is 440 g/mol. The minimum atomic E-state index is -4.54. The van der Waals surface area contributed by atoms with Crippen LogP contribution in [0.2, 0.25) is 0 Å². The van der Waals surface area contributed by atoms with Gasteiger partial charge in [-0.25, -0.2) is 8.42 Å². The molecule has 2 aromatic rings. The molecule has 0 aliphatic heterocycles. The Hall–Kier alpha value is -1.86. The van der Waals surface area contributed by atoms with Gasteiger partial charge in [-0.05, 0) is 30.0 Å². The highest BCUT2D eigenvalue weighted by Gasteiger charge is 2.31. The van der Waals surface area contributed by atoms with E-state index in [0.717, 1.165) is 47.6 Å². The summed E-state index contributed by atoms with van der Waals surface area (Å²) in [6, 6.07) is 3.50. The minimum absolute atomic E-state index is 0.0554. The molecule has 27 heavy (non-hydrogen) atoms. The van der Waals surface area contributed by atoms with E-state index in [1.807, 2.05) is 6.92 Å². The predicted octanol–water partition coefficient (Wildman–Crippen LogP) is 3.07. The van der Waals surface area contributed by atoms with Crippen molar-refractivity contribution in [3.05, 3.63) is 29.8 Å². The van der Waals surface area contributed by atoms with E-state index in [4.69, 9.17) is 0 Å². The number of aromatic nitrogens is 2. The third kappa shape index (κ3) is 6.07. The average molecular weight is 440 g/mol. The summed E-state index contributed by atoms with van der Waals surface area (Å²) in [6.07, 6.45) is -3.68. The molecule has 7 nitrogen and oxygen atoms in total. The summed E-state index contributed by atoms with van der Waals surface area (Å²) in [5.74, 6) is 0.0859. The first-order chi connectivity index (χ1) is 12.5. The van der Waals surface area contributed by atoms with Crippen molar-refractivity contribution < 1.29 is 26.4 Å². The quantitative estimate of drug-likeness (QED) is 0.526. The molecule has 2 rings (SSSR count). The number of nitrogens with one attached hydrogen (secondary N) is 1. The fraction of sp³-hybridized carbons (Fsp3) is 0.357. The first-order valence-electron chi connectivity index (χ1n) is 7.42. The van der Waals surface area contributed by atoms with E-state index in [0.29, 0.717) is 8.64 Å². The molecule has 0 atom stereocenters. The van der Waals surface area contributed by atoms with E-state index in [9.17, 15) is 26.4 Å². The number of rotatable bonds is 7. The minimum Gasteiger partial charge on any atom is -0.299 e. The molecule has 0 aliphatic carbocycles. The van der Waals surface area contributed by atoms with Crippen molar-refractivity contribution in [3.8, 4) is 0 Å². The number of halogens is 3. The van der Waals surface area contributed by atoms with E-state index in [2.05, 4.69) is 15.5 Å². The molecule has 1 N–H and O–H groups in total. The van der Waals surface area contributed by atoms with Crippen molar-refractivity contribution in [1.82, 2.24) is 10.2 Å². The zero-order valence-corrected chi connectivity index (χ0v) is 16.6. The number of nitrogens with zero attached hydrogens (tertiary/aromatic N) is 3. The van der Waals surface area contributed by atoms with Crippen LogP contribution in [0.15, 0.2) is 28.6 Å². The number of alkyl halides is 3. The number of carbonyl (C=O) groups is 1. The summed E-state index contributed by atoms with van der Waals surface area (Å²) in [5, 5.41) is 10.3. The molecule has 0 spiro atoms. The van der Waals surface area contributed by atoms with Gasteiger partial charge >= 0.3 is 6.18 Å². The van der Waals surface area contributed by atoms with E-state index < -0.39 is 34.2 Å². The van der Waals surface area contributed by atoms with Gasteiger partial charge in [-0.1, -0.05) is 30.0 Å². The average Bonchev–Trinajstić information content (AvgIpc) is 2.98. The number of hydrogen-bond donors (Lipinski definition) is 1. The third-order valence-electron chi connectivity index (χ3n) is 3.09. The largest absolute Gasteiger partial charge is 0.416 e. The molecular formula is C14H15F3N4O3S3. The highest BCUT2D eigenvalue weighted by atomic mass is 32.2. The fourth-order valence-electron chi connectivity index (χ4n) is 1.95. The van der Waals surface area contributed by atoms with Crippen LogP contribution in [0.1, 0.15) is 12.5 Å². The Balaban J connectivity index is 2.15. The lowest BCUT2D eigenvalue weighted by Crippen LogP contribution is -2.37. The Morgan fingerprint density at radius 2 is 1.89 bits per heavy atom. The van der Waals surface area contributed by atoms with Gasteiger partial charge in [0.1, 0.15) is 6.54 Å². The topological polar surface area (TPSA) is 92.3 Å². The molecular weight excluding hydrogens is 425 g/mol. The van der Waals surface area contributed by atoms with Crippen LogP contribution in [0.4, 0.5) is 24.0 Å². The van der Waals surface area contributed by atoms with Crippen LogP contribution < -0.4 is 9.62 Å². The molecule has 0 saturated carbocycles. The first kappa shape index (κ1) is 21.4. The second kappa shape index (κ2) is 8.44. The fourth-order valence-corrected chi connectivity index (χ4v) is 4.47. The standard InChI is InChI=1S/C14H15F3N4O3S3/c1-3-25-13-20-19-12(26-13)18-11(22)8-21(27(2,23)24)10-6-4-9(5-7-10)14(15,16)17/h4-7H,3,8H2,1-2H3,(H,18,19,22). The molecule has 0 saturated heterocycles. The van der Waals surface area contributed by atoms with E-state index >= 15 is 0 Å². The zero-order valence-electron chi connectivity index (χ0n) is 14.1. The number of benzene rings is 1. The number of anilines is 2. The molecule has 1 aromatic heterocycles. The van der Waals surface area contributed by atoms with Gasteiger partial charge in [0.2, 0.25) is 21.1 Å². The smallest absolute Gasteiger partial charge is 0.299 e. The second-order valence-corrected chi connectivity index (χ2v) is 9.56. The van der Waals surface area contributed by atoms with Crippen LogP contribution in [-0.4, -0.2) is 43.1 Å². The maximum atomic E-state index is 12.7. The molecule has 1 aromatic carbocycles. The Morgan fingerprint density at radius 1 is 1.26 bits per heavy atom. The lowest BCUT2D eigenvalue weighted by Gasteiger charge is -2.22. The summed E-state index contributed by atoms with van der Waals surface area (Å²) in [7, 11) is -3.90. The van der Waals surface area contributed by atoms with Crippen molar-refractivity contribution in [1.29, 1.82) is 0 Å². The Bertz CT molecular complexity index is 898. The Morgan fingerprint density at radius 3 is 2.41 bits per heavy atom. The third-order valence-corrected chi connectivity index (χ3v) is 6.09. The molecule has 1 amide bonds. The predicted molar refractivity (Wildman–Crippen MR) is 98.6 cm³/mol. The van der Waals surface area contributed by atoms with Crippen LogP contribution in [0, 0.1) is 0 Å². The van der Waals surface area contributed by atoms with Crippen LogP contribution in [-0.2, 0) is 21.0 Å². The lowest BCUT2D eigenvalue weighted by molar-refractivity contribution is -0.137. The van der Waals surface area contributed by atoms with Gasteiger partial charge in [0.15, 0.2) is 4.34 Å². The lowest BCUT2D eigenvalue weighted by atomic mass is 10.2. The number of amides is 1. The Kier molecular flexibility index (Phi) is 6.70. The van der Waals surface area contributed by atoms with Crippen molar-refractivity contribution in [2.24, 2.45) is 0 Å². The summed E-state index contributed by atoms with van der Waals surface area (Å²) < 4.78 is 63.3. The van der Waals surface area contributed by atoms with Crippen LogP contribution >= 0.6 is 23.1 Å². The molecule has 13 heteroatoms. The highest BCUT2D eigenvalue weighted by Crippen LogP contribution is 2.31. The van der Waals surface area contributed by atoms with Gasteiger partial charge < -0.3 is 0 Å². The van der Waals surface area contributed by atoms with Gasteiger partial charge in [0, 0.05) is 0 Å². The van der Waals surface area contributed by atoms with Gasteiger partial charge in [-0.15, -0.1) is 10.2 Å². The molecule has 1 heterocycles. The van der Waals surface area contributed by atoms with E-state index in [-0.39, 0.29) is 10.8 Å². The van der Waals surface area contributed by atoms with Crippen LogP contribution in [0.5, 0.6) is 0 Å². The van der Waals surface area contributed by atoms with Crippen molar-refractivity contribution in [2.45, 2.75) is 17.4 Å². The molecule has 148 valence electrons.